The first-order valence-corrected chi connectivity index (χ1v) is 7.28. The molecule has 1 aromatic carbocycles. The van der Waals surface area contributed by atoms with Gasteiger partial charge in [0.1, 0.15) is 0 Å². The third kappa shape index (κ3) is 3.81. The molecule has 3 unspecified atom stereocenters. The van der Waals surface area contributed by atoms with Gasteiger partial charge in [-0.15, -0.1) is 0 Å². The van der Waals surface area contributed by atoms with Crippen LogP contribution >= 0.6 is 11.6 Å². The predicted octanol–water partition coefficient (Wildman–Crippen LogP) is 5.60. The van der Waals surface area contributed by atoms with Crippen LogP contribution in [0.25, 0.3) is 0 Å². The topological polar surface area (TPSA) is 12.0 Å². The molecule has 0 radical (unpaired) electrons. The molecule has 20 heavy (non-hydrogen) atoms. The molecule has 1 saturated carbocycles. The Labute approximate surface area is 122 Å². The molecule has 112 valence electrons. The summed E-state index contributed by atoms with van der Waals surface area (Å²) in [5.74, 6) is 1.06. The van der Waals surface area contributed by atoms with Gasteiger partial charge < -0.3 is 5.32 Å². The quantitative estimate of drug-likeness (QED) is 0.750. The van der Waals surface area contributed by atoms with Crippen molar-refractivity contribution in [3.63, 3.8) is 0 Å². The molecule has 1 N–H and O–H groups in total. The van der Waals surface area contributed by atoms with E-state index in [2.05, 4.69) is 19.2 Å². The largest absolute Gasteiger partial charge is 0.416 e. The molecule has 1 nitrogen and oxygen atoms in total. The Morgan fingerprint density at radius 2 is 1.85 bits per heavy atom. The van der Waals surface area contributed by atoms with E-state index in [0.717, 1.165) is 25.0 Å². The molecule has 0 heterocycles. The molecule has 2 rings (SSSR count). The third-order valence-corrected chi connectivity index (χ3v) is 4.25. The molecule has 1 aromatic rings. The summed E-state index contributed by atoms with van der Waals surface area (Å²) in [7, 11) is 0. The zero-order valence-corrected chi connectivity index (χ0v) is 12.4. The lowest BCUT2D eigenvalue weighted by molar-refractivity contribution is -0.137. The standard InChI is InChI=1S/C15H19ClF3N/c1-9-3-4-10(2)14(5-9)20-13-7-11(15(17,18)19)6-12(16)8-13/h6-10,14,20H,3-5H2,1-2H3. The Morgan fingerprint density at radius 3 is 2.50 bits per heavy atom. The maximum absolute atomic E-state index is 12.8. The monoisotopic (exact) mass is 305 g/mol. The van der Waals surface area contributed by atoms with Gasteiger partial charge in [0.25, 0.3) is 0 Å². The molecular weight excluding hydrogens is 287 g/mol. The van der Waals surface area contributed by atoms with E-state index < -0.39 is 11.7 Å². The minimum Gasteiger partial charge on any atom is -0.382 e. The summed E-state index contributed by atoms with van der Waals surface area (Å²) in [5, 5.41) is 3.34. The highest BCUT2D eigenvalue weighted by Gasteiger charge is 2.32. The number of halogens is 4. The van der Waals surface area contributed by atoms with Gasteiger partial charge in [0.2, 0.25) is 0 Å². The summed E-state index contributed by atoms with van der Waals surface area (Å²) >= 11 is 5.80. The van der Waals surface area contributed by atoms with Gasteiger partial charge in [-0.05, 0) is 42.9 Å². The molecule has 0 spiro atoms. The molecule has 0 aromatic heterocycles. The van der Waals surface area contributed by atoms with Gasteiger partial charge in [0.15, 0.2) is 0 Å². The molecular formula is C15H19ClF3N. The zero-order valence-electron chi connectivity index (χ0n) is 11.6. The van der Waals surface area contributed by atoms with E-state index in [4.69, 9.17) is 11.6 Å². The number of alkyl halides is 3. The number of rotatable bonds is 2. The predicted molar refractivity (Wildman–Crippen MR) is 76.0 cm³/mol. The van der Waals surface area contributed by atoms with Crippen molar-refractivity contribution < 1.29 is 13.2 Å². The molecule has 0 aliphatic heterocycles. The van der Waals surface area contributed by atoms with Crippen LogP contribution in [0, 0.1) is 11.8 Å². The first kappa shape index (κ1) is 15.5. The second-order valence-corrected chi connectivity index (χ2v) is 6.31. The fraction of sp³-hybridized carbons (Fsp3) is 0.600. The van der Waals surface area contributed by atoms with Gasteiger partial charge in [-0.2, -0.15) is 13.2 Å². The summed E-state index contributed by atoms with van der Waals surface area (Å²) in [6.45, 7) is 4.32. The second kappa shape index (κ2) is 5.84. The number of hydrogen-bond donors (Lipinski definition) is 1. The maximum Gasteiger partial charge on any atom is 0.416 e. The highest BCUT2D eigenvalue weighted by Crippen LogP contribution is 2.35. The summed E-state index contributed by atoms with van der Waals surface area (Å²) < 4.78 is 38.3. The average molecular weight is 306 g/mol. The van der Waals surface area contributed by atoms with E-state index in [-0.39, 0.29) is 11.1 Å². The van der Waals surface area contributed by atoms with E-state index in [9.17, 15) is 13.2 Å². The van der Waals surface area contributed by atoms with Gasteiger partial charge in [-0.25, -0.2) is 0 Å². The van der Waals surface area contributed by atoms with Crippen molar-refractivity contribution in [1.82, 2.24) is 0 Å². The van der Waals surface area contributed by atoms with Crippen molar-refractivity contribution >= 4 is 17.3 Å². The normalized spacial score (nSPS) is 27.4. The Bertz CT molecular complexity index is 473. The number of nitrogens with one attached hydrogen (secondary N) is 1. The fourth-order valence-corrected chi connectivity index (χ4v) is 3.02. The van der Waals surface area contributed by atoms with Crippen LogP contribution < -0.4 is 5.32 Å². The van der Waals surface area contributed by atoms with Gasteiger partial charge in [-0.3, -0.25) is 0 Å². The molecule has 0 amide bonds. The molecule has 1 aliphatic carbocycles. The van der Waals surface area contributed by atoms with Crippen LogP contribution in [-0.4, -0.2) is 6.04 Å². The minimum atomic E-state index is -4.37. The lowest BCUT2D eigenvalue weighted by atomic mass is 9.80. The summed E-state index contributed by atoms with van der Waals surface area (Å²) in [6, 6.07) is 3.86. The van der Waals surface area contributed by atoms with Gasteiger partial charge >= 0.3 is 6.18 Å². The van der Waals surface area contributed by atoms with Crippen molar-refractivity contribution in [1.29, 1.82) is 0 Å². The number of benzene rings is 1. The van der Waals surface area contributed by atoms with Crippen molar-refractivity contribution in [2.75, 3.05) is 5.32 Å². The molecule has 0 saturated heterocycles. The van der Waals surface area contributed by atoms with Crippen LogP contribution in [0.4, 0.5) is 18.9 Å². The third-order valence-electron chi connectivity index (χ3n) is 4.04. The van der Waals surface area contributed by atoms with Crippen LogP contribution in [0.2, 0.25) is 5.02 Å². The molecule has 3 atom stereocenters. The van der Waals surface area contributed by atoms with Crippen LogP contribution in [0.1, 0.15) is 38.7 Å². The SMILES string of the molecule is CC1CCC(C)C(Nc2cc(Cl)cc(C(F)(F)F)c2)C1. The highest BCUT2D eigenvalue weighted by atomic mass is 35.5. The molecule has 1 fully saturated rings. The smallest absolute Gasteiger partial charge is 0.382 e. The average Bonchev–Trinajstić information content (AvgIpc) is 2.32. The Morgan fingerprint density at radius 1 is 1.15 bits per heavy atom. The van der Waals surface area contributed by atoms with Crippen LogP contribution in [0.3, 0.4) is 0 Å². The summed E-state index contributed by atoms with van der Waals surface area (Å²) in [5.41, 5.74) is -0.250. The summed E-state index contributed by atoms with van der Waals surface area (Å²) in [4.78, 5) is 0. The lowest BCUT2D eigenvalue weighted by Gasteiger charge is -2.34. The van der Waals surface area contributed by atoms with Gasteiger partial charge in [0.05, 0.1) is 5.56 Å². The Hall–Kier alpha value is -0.900. The molecule has 1 aliphatic rings. The molecule has 5 heteroatoms. The van der Waals surface area contributed by atoms with Crippen molar-refractivity contribution in [3.05, 3.63) is 28.8 Å². The minimum absolute atomic E-state index is 0.110. The van der Waals surface area contributed by atoms with E-state index in [0.29, 0.717) is 17.5 Å². The maximum atomic E-state index is 12.8. The Balaban J connectivity index is 2.18. The highest BCUT2D eigenvalue weighted by molar-refractivity contribution is 6.30. The van der Waals surface area contributed by atoms with E-state index in [1.165, 1.54) is 6.42 Å². The van der Waals surface area contributed by atoms with E-state index in [1.807, 2.05) is 0 Å². The fourth-order valence-electron chi connectivity index (χ4n) is 2.78. The van der Waals surface area contributed by atoms with Crippen LogP contribution in [-0.2, 0) is 6.18 Å². The first-order valence-electron chi connectivity index (χ1n) is 6.90. The first-order chi connectivity index (χ1) is 9.25. The van der Waals surface area contributed by atoms with E-state index >= 15 is 0 Å². The number of anilines is 1. The lowest BCUT2D eigenvalue weighted by Crippen LogP contribution is -2.33. The zero-order chi connectivity index (χ0) is 14.9. The van der Waals surface area contributed by atoms with Gasteiger partial charge in [-0.1, -0.05) is 31.9 Å². The summed E-state index contributed by atoms with van der Waals surface area (Å²) in [6.07, 6.45) is -1.10. The number of hydrogen-bond acceptors (Lipinski definition) is 1. The van der Waals surface area contributed by atoms with Crippen molar-refractivity contribution in [2.45, 2.75) is 45.3 Å². The van der Waals surface area contributed by atoms with Crippen molar-refractivity contribution in [2.24, 2.45) is 11.8 Å². The van der Waals surface area contributed by atoms with E-state index in [1.54, 1.807) is 6.07 Å². The van der Waals surface area contributed by atoms with Crippen LogP contribution in [0.15, 0.2) is 18.2 Å². The Kier molecular flexibility index (Phi) is 4.52. The van der Waals surface area contributed by atoms with Gasteiger partial charge in [0, 0.05) is 16.8 Å². The molecule has 0 bridgehead atoms. The second-order valence-electron chi connectivity index (χ2n) is 5.87. The van der Waals surface area contributed by atoms with Crippen molar-refractivity contribution in [3.8, 4) is 0 Å². The van der Waals surface area contributed by atoms with Crippen LogP contribution in [0.5, 0.6) is 0 Å².